The van der Waals surface area contributed by atoms with E-state index in [0.29, 0.717) is 11.5 Å². The number of thiophene rings is 1. The Balaban J connectivity index is 1.29. The predicted octanol–water partition coefficient (Wildman–Crippen LogP) is 5.73. The topological polar surface area (TPSA) is 82.3 Å². The first-order valence-electron chi connectivity index (χ1n) is 9.85. The van der Waals surface area contributed by atoms with Gasteiger partial charge >= 0.3 is 5.97 Å². The molecule has 4 rings (SSSR count). The van der Waals surface area contributed by atoms with Gasteiger partial charge in [-0.3, -0.25) is 9.59 Å². The number of hydrogen-bond donors (Lipinski definition) is 0. The highest BCUT2D eigenvalue weighted by molar-refractivity contribution is 7.13. The summed E-state index contributed by atoms with van der Waals surface area (Å²) in [7, 11) is 0. The zero-order valence-electron chi connectivity index (χ0n) is 16.9. The molecular weight excluding hydrogens is 412 g/mol. The number of esters is 1. The largest absolute Gasteiger partial charge is 0.453 e. The fourth-order valence-corrected chi connectivity index (χ4v) is 3.69. The number of Topliss-reactive ketones (excluding diaryl/α,β-unsaturated/α-hetero) is 1. The van der Waals surface area contributed by atoms with Crippen LogP contribution in [-0.4, -0.2) is 21.9 Å². The lowest BCUT2D eigenvalue weighted by Gasteiger charge is -2.09. The molecule has 0 fully saturated rings. The van der Waals surface area contributed by atoms with E-state index in [1.807, 2.05) is 60.0 Å². The van der Waals surface area contributed by atoms with Crippen molar-refractivity contribution >= 4 is 23.1 Å². The van der Waals surface area contributed by atoms with Crippen molar-refractivity contribution in [1.29, 1.82) is 0 Å². The van der Waals surface area contributed by atoms with Crippen molar-refractivity contribution in [3.05, 3.63) is 83.6 Å². The van der Waals surface area contributed by atoms with E-state index in [9.17, 15) is 9.59 Å². The molecule has 2 heterocycles. The monoisotopic (exact) mass is 432 g/mol. The number of aromatic nitrogens is 2. The van der Waals surface area contributed by atoms with Crippen LogP contribution in [0.4, 0.5) is 0 Å². The fraction of sp³-hybridized carbons (Fsp3) is 0.167. The van der Waals surface area contributed by atoms with Crippen molar-refractivity contribution in [1.82, 2.24) is 10.2 Å². The molecule has 0 saturated heterocycles. The lowest BCUT2D eigenvalue weighted by Crippen LogP contribution is -2.11. The van der Waals surface area contributed by atoms with E-state index >= 15 is 0 Å². The number of benzene rings is 2. The van der Waals surface area contributed by atoms with Gasteiger partial charge in [0.2, 0.25) is 0 Å². The third-order valence-electron chi connectivity index (χ3n) is 4.70. The normalized spacial score (nSPS) is 11.8. The number of carbonyl (C=O) groups excluding carboxylic acids is 2. The standard InChI is InChI=1S/C24H20N2O4S/c1-16(23-25-26-24(30-23)21-8-5-15-31-21)29-22(28)14-13-20(27)19-11-9-18(10-12-19)17-6-3-2-4-7-17/h2-12,15-16H,13-14H2,1H3. The van der Waals surface area contributed by atoms with Crippen LogP contribution in [0, 0.1) is 0 Å². The smallest absolute Gasteiger partial charge is 0.307 e. The van der Waals surface area contributed by atoms with Crippen LogP contribution in [0.25, 0.3) is 21.9 Å². The van der Waals surface area contributed by atoms with Crippen LogP contribution >= 0.6 is 11.3 Å². The molecule has 0 spiro atoms. The summed E-state index contributed by atoms with van der Waals surface area (Å²) in [5, 5.41) is 9.84. The number of carbonyl (C=O) groups is 2. The Bertz CT molecular complexity index is 1150. The zero-order chi connectivity index (χ0) is 21.6. The summed E-state index contributed by atoms with van der Waals surface area (Å²) in [6.07, 6.45) is -0.635. The Kier molecular flexibility index (Phi) is 6.33. The first-order valence-corrected chi connectivity index (χ1v) is 10.7. The van der Waals surface area contributed by atoms with E-state index in [-0.39, 0.29) is 24.5 Å². The number of nitrogens with zero attached hydrogens (tertiary/aromatic N) is 2. The summed E-state index contributed by atoms with van der Waals surface area (Å²) in [6, 6.07) is 21.1. The average molecular weight is 433 g/mol. The molecule has 0 radical (unpaired) electrons. The molecule has 156 valence electrons. The second-order valence-electron chi connectivity index (χ2n) is 6.92. The average Bonchev–Trinajstić information content (AvgIpc) is 3.50. The lowest BCUT2D eigenvalue weighted by molar-refractivity contribution is -0.149. The van der Waals surface area contributed by atoms with Crippen molar-refractivity contribution in [2.24, 2.45) is 0 Å². The molecule has 0 aliphatic heterocycles. The van der Waals surface area contributed by atoms with Crippen LogP contribution in [0.2, 0.25) is 0 Å². The number of ether oxygens (including phenoxy) is 1. The maximum absolute atomic E-state index is 12.4. The lowest BCUT2D eigenvalue weighted by atomic mass is 10.0. The van der Waals surface area contributed by atoms with Gasteiger partial charge in [-0.25, -0.2) is 0 Å². The molecule has 1 unspecified atom stereocenters. The molecule has 31 heavy (non-hydrogen) atoms. The first-order chi connectivity index (χ1) is 15.1. The molecule has 0 N–H and O–H groups in total. The van der Waals surface area contributed by atoms with Gasteiger partial charge in [0.15, 0.2) is 11.9 Å². The molecule has 0 aliphatic rings. The summed E-state index contributed by atoms with van der Waals surface area (Å²) in [4.78, 5) is 25.5. The summed E-state index contributed by atoms with van der Waals surface area (Å²) >= 11 is 1.48. The van der Waals surface area contributed by atoms with Crippen LogP contribution in [-0.2, 0) is 9.53 Å². The molecular formula is C24H20N2O4S. The van der Waals surface area contributed by atoms with Crippen molar-refractivity contribution < 1.29 is 18.7 Å². The molecule has 0 aliphatic carbocycles. The van der Waals surface area contributed by atoms with Crippen LogP contribution in [0.15, 0.2) is 76.5 Å². The maximum Gasteiger partial charge on any atom is 0.307 e. The minimum Gasteiger partial charge on any atom is -0.453 e. The van der Waals surface area contributed by atoms with Crippen LogP contribution in [0.3, 0.4) is 0 Å². The molecule has 1 atom stereocenters. The molecule has 4 aromatic rings. The van der Waals surface area contributed by atoms with E-state index in [0.717, 1.165) is 16.0 Å². The van der Waals surface area contributed by atoms with Crippen molar-refractivity contribution in [2.45, 2.75) is 25.9 Å². The second kappa shape index (κ2) is 9.49. The van der Waals surface area contributed by atoms with Crippen molar-refractivity contribution in [3.8, 4) is 21.9 Å². The third kappa shape index (κ3) is 5.13. The summed E-state index contributed by atoms with van der Waals surface area (Å²) in [5.74, 6) is 0.0150. The fourth-order valence-electron chi connectivity index (χ4n) is 3.04. The van der Waals surface area contributed by atoms with Crippen molar-refractivity contribution in [3.63, 3.8) is 0 Å². The third-order valence-corrected chi connectivity index (χ3v) is 5.56. The minimum atomic E-state index is -0.686. The van der Waals surface area contributed by atoms with E-state index in [1.165, 1.54) is 11.3 Å². The molecule has 7 heteroatoms. The minimum absolute atomic E-state index is 0.0183. The molecule has 0 bridgehead atoms. The van der Waals surface area contributed by atoms with Gasteiger partial charge in [0.05, 0.1) is 11.3 Å². The highest BCUT2D eigenvalue weighted by Crippen LogP contribution is 2.26. The highest BCUT2D eigenvalue weighted by atomic mass is 32.1. The van der Waals surface area contributed by atoms with Gasteiger partial charge in [-0.1, -0.05) is 60.7 Å². The number of ketones is 1. The summed E-state index contributed by atoms with van der Waals surface area (Å²) in [6.45, 7) is 1.66. The van der Waals surface area contributed by atoms with Gasteiger partial charge in [0.25, 0.3) is 11.8 Å². The Morgan fingerprint density at radius 3 is 2.39 bits per heavy atom. The van der Waals surface area contributed by atoms with Gasteiger partial charge in [-0.15, -0.1) is 21.5 Å². The Morgan fingerprint density at radius 1 is 0.935 bits per heavy atom. The Labute approximate surface area is 183 Å². The van der Waals surface area contributed by atoms with Gasteiger partial charge in [0, 0.05) is 12.0 Å². The van der Waals surface area contributed by atoms with Crippen LogP contribution in [0.1, 0.15) is 42.1 Å². The predicted molar refractivity (Wildman–Crippen MR) is 118 cm³/mol. The van der Waals surface area contributed by atoms with Gasteiger partial charge < -0.3 is 9.15 Å². The number of hydrogen-bond acceptors (Lipinski definition) is 7. The SMILES string of the molecule is CC(OC(=O)CCC(=O)c1ccc(-c2ccccc2)cc1)c1nnc(-c2cccs2)o1. The van der Waals surface area contributed by atoms with E-state index in [2.05, 4.69) is 10.2 Å². The van der Waals surface area contributed by atoms with Gasteiger partial charge in [-0.05, 0) is 29.5 Å². The molecule has 2 aromatic carbocycles. The molecule has 2 aromatic heterocycles. The van der Waals surface area contributed by atoms with Crippen LogP contribution in [0.5, 0.6) is 0 Å². The molecule has 0 amide bonds. The zero-order valence-corrected chi connectivity index (χ0v) is 17.7. The van der Waals surface area contributed by atoms with E-state index in [1.54, 1.807) is 19.1 Å². The quantitative estimate of drug-likeness (QED) is 0.261. The van der Waals surface area contributed by atoms with Gasteiger partial charge in [0.1, 0.15) is 0 Å². The Hall–Kier alpha value is -3.58. The molecule has 0 saturated carbocycles. The summed E-state index contributed by atoms with van der Waals surface area (Å²) in [5.41, 5.74) is 2.69. The summed E-state index contributed by atoms with van der Waals surface area (Å²) < 4.78 is 10.9. The second-order valence-corrected chi connectivity index (χ2v) is 7.87. The Morgan fingerprint density at radius 2 is 1.68 bits per heavy atom. The van der Waals surface area contributed by atoms with Crippen LogP contribution < -0.4 is 0 Å². The van der Waals surface area contributed by atoms with Crippen molar-refractivity contribution in [2.75, 3.05) is 0 Å². The van der Waals surface area contributed by atoms with E-state index in [4.69, 9.17) is 9.15 Å². The maximum atomic E-state index is 12.4. The number of rotatable bonds is 8. The van der Waals surface area contributed by atoms with E-state index < -0.39 is 12.1 Å². The highest BCUT2D eigenvalue weighted by Gasteiger charge is 2.20. The first kappa shape index (κ1) is 20.7. The molecule has 6 nitrogen and oxygen atoms in total. The van der Waals surface area contributed by atoms with Gasteiger partial charge in [-0.2, -0.15) is 0 Å².